The van der Waals surface area contributed by atoms with E-state index < -0.39 is 0 Å². The minimum absolute atomic E-state index is 0.0730. The van der Waals surface area contributed by atoms with Crippen LogP contribution in [0.5, 0.6) is 0 Å². The Morgan fingerprint density at radius 1 is 1.17 bits per heavy atom. The molecule has 5 nitrogen and oxygen atoms in total. The first-order chi connectivity index (χ1) is 11.8. The summed E-state index contributed by atoms with van der Waals surface area (Å²) in [6.45, 7) is 0. The third kappa shape index (κ3) is 2.80. The molecule has 0 bridgehead atoms. The van der Waals surface area contributed by atoms with Crippen LogP contribution in [0.15, 0.2) is 59.3 Å². The van der Waals surface area contributed by atoms with E-state index in [1.807, 2.05) is 36.5 Å². The maximum atomic E-state index is 12.2. The average Bonchev–Trinajstić information content (AvgIpc) is 3.17. The minimum atomic E-state index is -0.204. The van der Waals surface area contributed by atoms with Crippen molar-refractivity contribution in [1.82, 2.24) is 15.3 Å². The van der Waals surface area contributed by atoms with E-state index in [-0.39, 0.29) is 11.9 Å². The quantitative estimate of drug-likeness (QED) is 0.801. The number of rotatable bonds is 3. The van der Waals surface area contributed by atoms with Gasteiger partial charge in [-0.15, -0.1) is 0 Å². The number of benzene rings is 1. The van der Waals surface area contributed by atoms with Crippen molar-refractivity contribution in [3.8, 4) is 11.4 Å². The van der Waals surface area contributed by atoms with Crippen LogP contribution in [-0.4, -0.2) is 15.9 Å². The van der Waals surface area contributed by atoms with Gasteiger partial charge in [0, 0.05) is 23.0 Å². The van der Waals surface area contributed by atoms with Crippen LogP contribution < -0.4 is 5.32 Å². The van der Waals surface area contributed by atoms with Gasteiger partial charge in [-0.3, -0.25) is 4.79 Å². The highest BCUT2D eigenvalue weighted by atomic mass is 16.3. The summed E-state index contributed by atoms with van der Waals surface area (Å²) in [6.07, 6.45) is 6.12. The molecule has 0 saturated heterocycles. The Morgan fingerprint density at radius 2 is 2.04 bits per heavy atom. The third-order valence-corrected chi connectivity index (χ3v) is 4.26. The number of aromatic nitrogens is 2. The molecule has 2 aromatic heterocycles. The highest BCUT2D eigenvalue weighted by molar-refractivity contribution is 5.91. The maximum Gasteiger partial charge on any atom is 0.287 e. The molecule has 0 aliphatic heterocycles. The monoisotopic (exact) mass is 319 g/mol. The minimum Gasteiger partial charge on any atom is -0.459 e. The number of aryl methyl sites for hydroxylation is 1. The molecule has 1 atom stereocenters. The van der Waals surface area contributed by atoms with E-state index >= 15 is 0 Å². The van der Waals surface area contributed by atoms with E-state index in [0.29, 0.717) is 5.76 Å². The summed E-state index contributed by atoms with van der Waals surface area (Å²) in [5.74, 6) is 0.848. The second-order valence-electron chi connectivity index (χ2n) is 5.86. The summed E-state index contributed by atoms with van der Waals surface area (Å²) < 4.78 is 5.16. The van der Waals surface area contributed by atoms with Gasteiger partial charge in [-0.25, -0.2) is 9.97 Å². The molecule has 0 spiro atoms. The van der Waals surface area contributed by atoms with Crippen molar-refractivity contribution in [3.63, 3.8) is 0 Å². The number of furan rings is 1. The lowest BCUT2D eigenvalue weighted by Crippen LogP contribution is -2.31. The van der Waals surface area contributed by atoms with Crippen LogP contribution in [0.2, 0.25) is 0 Å². The van der Waals surface area contributed by atoms with Crippen LogP contribution in [0.3, 0.4) is 0 Å². The molecule has 1 aliphatic carbocycles. The first-order valence-electron chi connectivity index (χ1n) is 8.07. The number of hydrogen-bond donors (Lipinski definition) is 1. The predicted octanol–water partition coefficient (Wildman–Crippen LogP) is 3.54. The van der Waals surface area contributed by atoms with Crippen LogP contribution >= 0.6 is 0 Å². The molecule has 1 aliphatic rings. The van der Waals surface area contributed by atoms with Crippen LogP contribution in [0.1, 0.15) is 40.7 Å². The van der Waals surface area contributed by atoms with Crippen molar-refractivity contribution >= 4 is 5.91 Å². The Bertz CT molecular complexity index is 844. The van der Waals surface area contributed by atoms with Crippen LogP contribution in [-0.2, 0) is 6.42 Å². The lowest BCUT2D eigenvalue weighted by molar-refractivity contribution is 0.0904. The van der Waals surface area contributed by atoms with Gasteiger partial charge in [0.2, 0.25) is 0 Å². The van der Waals surface area contributed by atoms with E-state index in [9.17, 15) is 4.79 Å². The number of nitrogens with zero attached hydrogens (tertiary/aromatic N) is 2. The van der Waals surface area contributed by atoms with Gasteiger partial charge in [0.25, 0.3) is 5.91 Å². The number of hydrogen-bond acceptors (Lipinski definition) is 4. The van der Waals surface area contributed by atoms with Gasteiger partial charge in [0.05, 0.1) is 12.3 Å². The summed E-state index contributed by atoms with van der Waals surface area (Å²) in [6, 6.07) is 13.2. The standard InChI is InChI=1S/C19H17N3O2/c23-19(17-10-5-11-24-17)22-16-9-4-8-15-14(16)12-20-18(21-15)13-6-2-1-3-7-13/h1-3,5-7,10-12,16H,4,8-9H2,(H,22,23). The number of amides is 1. The summed E-state index contributed by atoms with van der Waals surface area (Å²) >= 11 is 0. The fourth-order valence-corrected chi connectivity index (χ4v) is 3.06. The zero-order valence-corrected chi connectivity index (χ0v) is 13.1. The number of fused-ring (bicyclic) bond motifs is 1. The molecule has 0 saturated carbocycles. The summed E-state index contributed by atoms with van der Waals surface area (Å²) in [5.41, 5.74) is 3.02. The van der Waals surface area contributed by atoms with Gasteiger partial charge in [-0.05, 0) is 31.4 Å². The first-order valence-corrected chi connectivity index (χ1v) is 8.07. The van der Waals surface area contributed by atoms with Crippen LogP contribution in [0.25, 0.3) is 11.4 Å². The number of carbonyl (C=O) groups excluding carboxylic acids is 1. The van der Waals surface area contributed by atoms with Crippen molar-refractivity contribution in [2.75, 3.05) is 0 Å². The van der Waals surface area contributed by atoms with Crippen molar-refractivity contribution in [2.24, 2.45) is 0 Å². The van der Waals surface area contributed by atoms with Crippen molar-refractivity contribution < 1.29 is 9.21 Å². The second kappa shape index (κ2) is 6.28. The highest BCUT2D eigenvalue weighted by Gasteiger charge is 2.25. The van der Waals surface area contributed by atoms with Gasteiger partial charge in [-0.1, -0.05) is 30.3 Å². The Morgan fingerprint density at radius 3 is 2.83 bits per heavy atom. The van der Waals surface area contributed by atoms with E-state index in [1.165, 1.54) is 6.26 Å². The van der Waals surface area contributed by atoms with Crippen LogP contribution in [0, 0.1) is 0 Å². The zero-order chi connectivity index (χ0) is 16.4. The van der Waals surface area contributed by atoms with Gasteiger partial charge in [0.15, 0.2) is 11.6 Å². The van der Waals surface area contributed by atoms with Gasteiger partial charge in [0.1, 0.15) is 0 Å². The fraction of sp³-hybridized carbons (Fsp3) is 0.211. The SMILES string of the molecule is O=C(NC1CCCc2nc(-c3ccccc3)ncc21)c1ccco1. The molecule has 2 heterocycles. The molecule has 1 amide bonds. The van der Waals surface area contributed by atoms with Gasteiger partial charge < -0.3 is 9.73 Å². The molecule has 1 aromatic carbocycles. The lowest BCUT2D eigenvalue weighted by Gasteiger charge is -2.25. The first kappa shape index (κ1) is 14.6. The summed E-state index contributed by atoms with van der Waals surface area (Å²) in [4.78, 5) is 21.4. The Labute approximate surface area is 139 Å². The average molecular weight is 319 g/mol. The van der Waals surface area contributed by atoms with E-state index in [2.05, 4.69) is 10.3 Å². The van der Waals surface area contributed by atoms with Crippen molar-refractivity contribution in [2.45, 2.75) is 25.3 Å². The van der Waals surface area contributed by atoms with Crippen LogP contribution in [0.4, 0.5) is 0 Å². The van der Waals surface area contributed by atoms with E-state index in [4.69, 9.17) is 9.40 Å². The molecular weight excluding hydrogens is 302 g/mol. The second-order valence-corrected chi connectivity index (χ2v) is 5.86. The molecule has 1 N–H and O–H groups in total. The molecule has 3 aromatic rings. The Kier molecular flexibility index (Phi) is 3.83. The van der Waals surface area contributed by atoms with Gasteiger partial charge in [-0.2, -0.15) is 0 Å². The maximum absolute atomic E-state index is 12.2. The van der Waals surface area contributed by atoms with Crippen molar-refractivity contribution in [1.29, 1.82) is 0 Å². The molecule has 1 unspecified atom stereocenters. The lowest BCUT2D eigenvalue weighted by atomic mass is 9.92. The molecule has 0 fully saturated rings. The third-order valence-electron chi connectivity index (χ3n) is 4.26. The molecule has 120 valence electrons. The molecule has 24 heavy (non-hydrogen) atoms. The number of nitrogens with one attached hydrogen (secondary N) is 1. The fourth-order valence-electron chi connectivity index (χ4n) is 3.06. The van der Waals surface area contributed by atoms with Gasteiger partial charge >= 0.3 is 0 Å². The number of carbonyl (C=O) groups is 1. The summed E-state index contributed by atoms with van der Waals surface area (Å²) in [5, 5.41) is 3.02. The highest BCUT2D eigenvalue weighted by Crippen LogP contribution is 2.29. The normalized spacial score (nSPS) is 16.4. The molecule has 5 heteroatoms. The van der Waals surface area contributed by atoms with E-state index in [1.54, 1.807) is 12.1 Å². The topological polar surface area (TPSA) is 68.0 Å². The molecule has 4 rings (SSSR count). The Hall–Kier alpha value is -2.95. The Balaban J connectivity index is 1.60. The summed E-state index contributed by atoms with van der Waals surface area (Å²) in [7, 11) is 0. The predicted molar refractivity (Wildman–Crippen MR) is 89.3 cm³/mol. The molecule has 0 radical (unpaired) electrons. The van der Waals surface area contributed by atoms with E-state index in [0.717, 1.165) is 41.9 Å². The smallest absolute Gasteiger partial charge is 0.287 e. The molecular formula is C19H17N3O2. The largest absolute Gasteiger partial charge is 0.459 e. The zero-order valence-electron chi connectivity index (χ0n) is 13.1. The van der Waals surface area contributed by atoms with Crippen molar-refractivity contribution in [3.05, 3.63) is 71.9 Å².